The highest BCUT2D eigenvalue weighted by atomic mass is 16.2. The molecule has 19 heavy (non-hydrogen) atoms. The molecule has 0 saturated carbocycles. The fourth-order valence-electron chi connectivity index (χ4n) is 3.59. The zero-order valence-electron chi connectivity index (χ0n) is 11.6. The molecule has 1 aromatic carbocycles. The molecule has 2 heterocycles. The van der Waals surface area contributed by atoms with E-state index in [4.69, 9.17) is 0 Å². The zero-order chi connectivity index (χ0) is 13.3. The molecule has 1 saturated heterocycles. The molecular formula is C16H22N2O. The third kappa shape index (κ3) is 2.06. The highest BCUT2D eigenvalue weighted by molar-refractivity contribution is 5.98. The Bertz CT molecular complexity index is 477. The lowest BCUT2D eigenvalue weighted by molar-refractivity contribution is -0.120. The van der Waals surface area contributed by atoms with Gasteiger partial charge in [0.1, 0.15) is 0 Å². The van der Waals surface area contributed by atoms with Crippen molar-refractivity contribution in [2.24, 2.45) is 0 Å². The van der Waals surface area contributed by atoms with Gasteiger partial charge in [0.05, 0.1) is 0 Å². The molecule has 1 fully saturated rings. The average molecular weight is 258 g/mol. The van der Waals surface area contributed by atoms with Crippen molar-refractivity contribution in [3.8, 4) is 0 Å². The van der Waals surface area contributed by atoms with Crippen LogP contribution >= 0.6 is 0 Å². The van der Waals surface area contributed by atoms with Gasteiger partial charge in [0.2, 0.25) is 5.91 Å². The molecule has 0 unspecified atom stereocenters. The van der Waals surface area contributed by atoms with Gasteiger partial charge in [-0.05, 0) is 44.0 Å². The zero-order valence-corrected chi connectivity index (χ0v) is 11.6. The molecule has 2 aliphatic rings. The van der Waals surface area contributed by atoms with Gasteiger partial charge in [0, 0.05) is 24.1 Å². The summed E-state index contributed by atoms with van der Waals surface area (Å²) in [6.45, 7) is 5.01. The van der Waals surface area contributed by atoms with E-state index in [1.807, 2.05) is 4.90 Å². The summed E-state index contributed by atoms with van der Waals surface area (Å²) >= 11 is 0. The lowest BCUT2D eigenvalue weighted by Gasteiger charge is -2.45. The summed E-state index contributed by atoms with van der Waals surface area (Å²) in [7, 11) is 0. The number of para-hydroxylation sites is 1. The molecule has 0 radical (unpaired) electrons. The Morgan fingerprint density at radius 1 is 1.26 bits per heavy atom. The number of fused-ring (bicyclic) bond motifs is 2. The minimum absolute atomic E-state index is 0.0865. The minimum atomic E-state index is 0.0865. The summed E-state index contributed by atoms with van der Waals surface area (Å²) in [6, 6.07) is 8.51. The van der Waals surface area contributed by atoms with Crippen LogP contribution in [0.25, 0.3) is 0 Å². The number of carbonyl (C=O) groups excluding carboxylic acids is 1. The van der Waals surface area contributed by atoms with Gasteiger partial charge in [-0.25, -0.2) is 0 Å². The van der Waals surface area contributed by atoms with Crippen molar-refractivity contribution in [1.29, 1.82) is 0 Å². The number of rotatable bonds is 2. The largest absolute Gasteiger partial charge is 0.317 e. The van der Waals surface area contributed by atoms with Gasteiger partial charge in [0.25, 0.3) is 0 Å². The van der Waals surface area contributed by atoms with Gasteiger partial charge in [-0.15, -0.1) is 0 Å². The molecule has 1 amide bonds. The predicted octanol–water partition coefficient (Wildman–Crippen LogP) is 2.45. The van der Waals surface area contributed by atoms with Crippen LogP contribution in [-0.2, 0) is 10.2 Å². The van der Waals surface area contributed by atoms with Crippen LogP contribution in [0.1, 0.15) is 38.2 Å². The van der Waals surface area contributed by atoms with Crippen LogP contribution in [0.15, 0.2) is 24.3 Å². The number of nitrogens with one attached hydrogen (secondary N) is 1. The van der Waals surface area contributed by atoms with Crippen molar-refractivity contribution in [2.45, 2.75) is 38.0 Å². The van der Waals surface area contributed by atoms with Crippen molar-refractivity contribution in [2.75, 3.05) is 24.5 Å². The van der Waals surface area contributed by atoms with Crippen molar-refractivity contribution < 1.29 is 4.79 Å². The molecule has 3 rings (SSSR count). The van der Waals surface area contributed by atoms with E-state index >= 15 is 0 Å². The lowest BCUT2D eigenvalue weighted by Crippen LogP contribution is -2.49. The molecule has 0 bridgehead atoms. The van der Waals surface area contributed by atoms with Gasteiger partial charge in [-0.1, -0.05) is 25.1 Å². The normalized spacial score (nSPS) is 21.5. The summed E-state index contributed by atoms with van der Waals surface area (Å²) in [6.07, 6.45) is 3.85. The van der Waals surface area contributed by atoms with Crippen molar-refractivity contribution >= 4 is 11.6 Å². The number of hydrogen-bond acceptors (Lipinski definition) is 2. The molecule has 1 spiro atoms. The molecule has 3 nitrogen and oxygen atoms in total. The van der Waals surface area contributed by atoms with E-state index < -0.39 is 0 Å². The molecule has 0 aromatic heterocycles. The number of anilines is 1. The van der Waals surface area contributed by atoms with Crippen LogP contribution in [0.5, 0.6) is 0 Å². The third-order valence-corrected chi connectivity index (χ3v) is 4.56. The van der Waals surface area contributed by atoms with Crippen molar-refractivity contribution in [3.63, 3.8) is 0 Å². The second-order valence-corrected chi connectivity index (χ2v) is 5.77. The summed E-state index contributed by atoms with van der Waals surface area (Å²) in [4.78, 5) is 14.5. The van der Waals surface area contributed by atoms with Gasteiger partial charge < -0.3 is 10.2 Å². The molecule has 2 aliphatic heterocycles. The summed E-state index contributed by atoms with van der Waals surface area (Å²) in [5.74, 6) is 0.308. The Labute approximate surface area is 115 Å². The van der Waals surface area contributed by atoms with Gasteiger partial charge in [0.15, 0.2) is 0 Å². The first-order valence-corrected chi connectivity index (χ1v) is 7.37. The molecule has 0 atom stereocenters. The van der Waals surface area contributed by atoms with Crippen LogP contribution in [0.3, 0.4) is 0 Å². The summed E-state index contributed by atoms with van der Waals surface area (Å²) < 4.78 is 0. The number of hydrogen-bond donors (Lipinski definition) is 1. The van der Waals surface area contributed by atoms with E-state index in [1.54, 1.807) is 0 Å². The van der Waals surface area contributed by atoms with E-state index in [2.05, 4.69) is 36.5 Å². The van der Waals surface area contributed by atoms with Crippen LogP contribution in [0, 0.1) is 0 Å². The Morgan fingerprint density at radius 3 is 2.74 bits per heavy atom. The second-order valence-electron chi connectivity index (χ2n) is 5.77. The first-order chi connectivity index (χ1) is 9.27. The SMILES string of the molecule is CCCN1C(=O)CC2(CCNCC2)c2ccccc21. The van der Waals surface area contributed by atoms with Gasteiger partial charge in [-0.2, -0.15) is 0 Å². The molecular weight excluding hydrogens is 236 g/mol. The Balaban J connectivity index is 2.06. The van der Waals surface area contributed by atoms with E-state index in [1.165, 1.54) is 5.56 Å². The molecule has 1 N–H and O–H groups in total. The fraction of sp³-hybridized carbons (Fsp3) is 0.562. The average Bonchev–Trinajstić information content (AvgIpc) is 2.45. The third-order valence-electron chi connectivity index (χ3n) is 4.56. The quantitative estimate of drug-likeness (QED) is 0.883. The van der Waals surface area contributed by atoms with Crippen molar-refractivity contribution in [3.05, 3.63) is 29.8 Å². The van der Waals surface area contributed by atoms with E-state index in [9.17, 15) is 4.79 Å². The predicted molar refractivity (Wildman–Crippen MR) is 77.5 cm³/mol. The van der Waals surface area contributed by atoms with Gasteiger partial charge in [-0.3, -0.25) is 4.79 Å². The van der Waals surface area contributed by atoms with E-state index in [-0.39, 0.29) is 5.41 Å². The smallest absolute Gasteiger partial charge is 0.227 e. The van der Waals surface area contributed by atoms with Crippen LogP contribution in [0.4, 0.5) is 5.69 Å². The van der Waals surface area contributed by atoms with E-state index in [0.29, 0.717) is 12.3 Å². The van der Waals surface area contributed by atoms with E-state index in [0.717, 1.165) is 44.6 Å². The van der Waals surface area contributed by atoms with Crippen LogP contribution in [-0.4, -0.2) is 25.5 Å². The highest BCUT2D eigenvalue weighted by Crippen LogP contribution is 2.45. The fourth-order valence-corrected chi connectivity index (χ4v) is 3.59. The number of piperidine rings is 1. The lowest BCUT2D eigenvalue weighted by atomic mass is 9.68. The topological polar surface area (TPSA) is 32.3 Å². The maximum atomic E-state index is 12.5. The van der Waals surface area contributed by atoms with Crippen LogP contribution < -0.4 is 10.2 Å². The molecule has 102 valence electrons. The first-order valence-electron chi connectivity index (χ1n) is 7.37. The van der Waals surface area contributed by atoms with Crippen LogP contribution in [0.2, 0.25) is 0 Å². The second kappa shape index (κ2) is 4.97. The van der Waals surface area contributed by atoms with Crippen molar-refractivity contribution in [1.82, 2.24) is 5.32 Å². The Morgan fingerprint density at radius 2 is 2.00 bits per heavy atom. The number of nitrogens with zero attached hydrogens (tertiary/aromatic N) is 1. The molecule has 3 heteroatoms. The number of amides is 1. The molecule has 1 aromatic rings. The minimum Gasteiger partial charge on any atom is -0.317 e. The number of carbonyl (C=O) groups is 1. The maximum absolute atomic E-state index is 12.5. The summed E-state index contributed by atoms with van der Waals surface area (Å²) in [5.41, 5.74) is 2.63. The Kier molecular flexibility index (Phi) is 3.31. The Hall–Kier alpha value is -1.35. The standard InChI is InChI=1S/C16H22N2O/c1-2-11-18-14-6-4-3-5-13(14)16(12-15(18)19)7-9-17-10-8-16/h3-6,17H,2,7-12H2,1H3. The van der Waals surface area contributed by atoms with Gasteiger partial charge >= 0.3 is 0 Å². The first kappa shape index (κ1) is 12.7. The summed E-state index contributed by atoms with van der Waals surface area (Å²) in [5, 5.41) is 3.41. The highest BCUT2D eigenvalue weighted by Gasteiger charge is 2.43. The maximum Gasteiger partial charge on any atom is 0.227 e. The number of benzene rings is 1. The monoisotopic (exact) mass is 258 g/mol. The molecule has 0 aliphatic carbocycles.